The SMILES string of the molecule is CC(c1ccccc1)c1nc(-c2cccc(N3CCN(C)CC3)n2)no1. The van der Waals surface area contributed by atoms with Crippen molar-refractivity contribution in [2.45, 2.75) is 12.8 Å². The summed E-state index contributed by atoms with van der Waals surface area (Å²) in [5.41, 5.74) is 1.90. The Morgan fingerprint density at radius 1 is 0.923 bits per heavy atom. The first-order chi connectivity index (χ1) is 12.7. The fourth-order valence-electron chi connectivity index (χ4n) is 3.16. The zero-order valence-corrected chi connectivity index (χ0v) is 15.2. The van der Waals surface area contributed by atoms with E-state index in [1.165, 1.54) is 0 Å². The maximum absolute atomic E-state index is 5.51. The first-order valence-electron chi connectivity index (χ1n) is 9.00. The van der Waals surface area contributed by atoms with Crippen molar-refractivity contribution in [3.05, 3.63) is 60.0 Å². The molecule has 1 atom stereocenters. The number of hydrogen-bond donors (Lipinski definition) is 0. The number of hydrogen-bond acceptors (Lipinski definition) is 6. The summed E-state index contributed by atoms with van der Waals surface area (Å²) in [6.45, 7) is 6.13. The fraction of sp³-hybridized carbons (Fsp3) is 0.350. The number of benzene rings is 1. The lowest BCUT2D eigenvalue weighted by atomic mass is 10.0. The maximum atomic E-state index is 5.51. The average Bonchev–Trinajstić information content (AvgIpc) is 3.19. The molecule has 1 unspecified atom stereocenters. The van der Waals surface area contributed by atoms with Gasteiger partial charge in [0.1, 0.15) is 11.5 Å². The number of nitrogens with zero attached hydrogens (tertiary/aromatic N) is 5. The summed E-state index contributed by atoms with van der Waals surface area (Å²) >= 11 is 0. The van der Waals surface area contributed by atoms with Gasteiger partial charge in [0.25, 0.3) is 0 Å². The smallest absolute Gasteiger partial charge is 0.234 e. The van der Waals surface area contributed by atoms with Crippen LogP contribution in [0, 0.1) is 0 Å². The zero-order chi connectivity index (χ0) is 17.9. The highest BCUT2D eigenvalue weighted by molar-refractivity contribution is 5.54. The summed E-state index contributed by atoms with van der Waals surface area (Å²) in [6, 6.07) is 16.2. The monoisotopic (exact) mass is 349 g/mol. The Bertz CT molecular complexity index is 855. The van der Waals surface area contributed by atoms with Crippen molar-refractivity contribution in [3.63, 3.8) is 0 Å². The third-order valence-electron chi connectivity index (χ3n) is 4.90. The third kappa shape index (κ3) is 3.46. The lowest BCUT2D eigenvalue weighted by molar-refractivity contribution is 0.312. The summed E-state index contributed by atoms with van der Waals surface area (Å²) in [6.07, 6.45) is 0. The van der Waals surface area contributed by atoms with E-state index in [2.05, 4.69) is 46.0 Å². The van der Waals surface area contributed by atoms with Gasteiger partial charge in [0.2, 0.25) is 11.7 Å². The van der Waals surface area contributed by atoms with Gasteiger partial charge < -0.3 is 14.3 Å². The number of piperazine rings is 1. The van der Waals surface area contributed by atoms with Crippen LogP contribution in [0.4, 0.5) is 5.82 Å². The average molecular weight is 349 g/mol. The number of pyridine rings is 1. The summed E-state index contributed by atoms with van der Waals surface area (Å²) in [5.74, 6) is 2.17. The number of anilines is 1. The minimum atomic E-state index is 0.0539. The van der Waals surface area contributed by atoms with E-state index in [1.807, 2.05) is 36.4 Å². The van der Waals surface area contributed by atoms with E-state index in [-0.39, 0.29) is 5.92 Å². The molecule has 134 valence electrons. The van der Waals surface area contributed by atoms with Gasteiger partial charge in [-0.1, -0.05) is 41.6 Å². The highest BCUT2D eigenvalue weighted by Gasteiger charge is 2.19. The van der Waals surface area contributed by atoms with Crippen LogP contribution in [0.5, 0.6) is 0 Å². The standard InChI is InChI=1S/C20H23N5O/c1-15(16-7-4-3-5-8-16)20-22-19(23-26-20)17-9-6-10-18(21-17)25-13-11-24(2)12-14-25/h3-10,15H,11-14H2,1-2H3. The number of rotatable bonds is 4. The maximum Gasteiger partial charge on any atom is 0.234 e. The molecule has 1 fully saturated rings. The molecule has 0 N–H and O–H groups in total. The Morgan fingerprint density at radius 2 is 1.69 bits per heavy atom. The van der Waals surface area contributed by atoms with Crippen molar-refractivity contribution in [2.24, 2.45) is 0 Å². The van der Waals surface area contributed by atoms with Gasteiger partial charge in [-0.2, -0.15) is 4.98 Å². The van der Waals surface area contributed by atoms with Crippen molar-refractivity contribution in [1.82, 2.24) is 20.0 Å². The van der Waals surface area contributed by atoms with Crippen LogP contribution >= 0.6 is 0 Å². The first kappa shape index (κ1) is 16.7. The predicted octanol–water partition coefficient (Wildman–Crippen LogP) is 3.04. The van der Waals surface area contributed by atoms with Crippen LogP contribution in [0.15, 0.2) is 53.1 Å². The molecule has 0 saturated carbocycles. The van der Waals surface area contributed by atoms with Crippen molar-refractivity contribution in [3.8, 4) is 11.5 Å². The van der Waals surface area contributed by atoms with Crippen molar-refractivity contribution < 1.29 is 4.52 Å². The molecule has 3 aromatic rings. The van der Waals surface area contributed by atoms with Gasteiger partial charge in [-0.25, -0.2) is 4.98 Å². The Balaban J connectivity index is 1.55. The molecule has 1 aromatic carbocycles. The molecule has 0 spiro atoms. The molecule has 4 rings (SSSR count). The van der Waals surface area contributed by atoms with Gasteiger partial charge in [0, 0.05) is 26.2 Å². The van der Waals surface area contributed by atoms with E-state index in [1.54, 1.807) is 0 Å². The van der Waals surface area contributed by atoms with Crippen LogP contribution in [0.2, 0.25) is 0 Å². The lowest BCUT2D eigenvalue weighted by Gasteiger charge is -2.33. The summed E-state index contributed by atoms with van der Waals surface area (Å²) in [7, 11) is 2.15. The topological polar surface area (TPSA) is 58.3 Å². The van der Waals surface area contributed by atoms with E-state index in [9.17, 15) is 0 Å². The van der Waals surface area contributed by atoms with Gasteiger partial charge in [-0.3, -0.25) is 0 Å². The highest BCUT2D eigenvalue weighted by Crippen LogP contribution is 2.25. The number of aromatic nitrogens is 3. The molecular weight excluding hydrogens is 326 g/mol. The first-order valence-corrected chi connectivity index (χ1v) is 9.00. The van der Waals surface area contributed by atoms with Gasteiger partial charge in [0.05, 0.1) is 5.92 Å². The van der Waals surface area contributed by atoms with E-state index < -0.39 is 0 Å². The molecule has 6 heteroatoms. The molecule has 3 heterocycles. The molecule has 2 aromatic heterocycles. The molecule has 0 aliphatic carbocycles. The quantitative estimate of drug-likeness (QED) is 0.722. The number of likely N-dealkylation sites (N-methyl/N-ethyl adjacent to an activating group) is 1. The highest BCUT2D eigenvalue weighted by atomic mass is 16.5. The van der Waals surface area contributed by atoms with Crippen LogP contribution in [0.25, 0.3) is 11.5 Å². The molecule has 1 saturated heterocycles. The zero-order valence-electron chi connectivity index (χ0n) is 15.2. The van der Waals surface area contributed by atoms with Crippen LogP contribution in [0.3, 0.4) is 0 Å². The molecular formula is C20H23N5O. The normalized spacial score (nSPS) is 16.6. The van der Waals surface area contributed by atoms with Crippen LogP contribution in [-0.4, -0.2) is 53.3 Å². The Kier molecular flexibility index (Phi) is 4.67. The van der Waals surface area contributed by atoms with E-state index in [0.29, 0.717) is 11.7 Å². The summed E-state index contributed by atoms with van der Waals surface area (Å²) in [5, 5.41) is 4.16. The lowest BCUT2D eigenvalue weighted by Crippen LogP contribution is -2.44. The minimum Gasteiger partial charge on any atom is -0.354 e. The van der Waals surface area contributed by atoms with Gasteiger partial charge in [-0.15, -0.1) is 0 Å². The molecule has 0 amide bonds. The molecule has 1 aliphatic rings. The minimum absolute atomic E-state index is 0.0539. The van der Waals surface area contributed by atoms with E-state index in [0.717, 1.165) is 43.3 Å². The van der Waals surface area contributed by atoms with Crippen LogP contribution in [0.1, 0.15) is 24.3 Å². The predicted molar refractivity (Wildman–Crippen MR) is 101 cm³/mol. The van der Waals surface area contributed by atoms with Crippen molar-refractivity contribution >= 4 is 5.82 Å². The molecule has 1 aliphatic heterocycles. The second kappa shape index (κ2) is 7.25. The second-order valence-electron chi connectivity index (χ2n) is 6.76. The second-order valence-corrected chi connectivity index (χ2v) is 6.76. The molecule has 26 heavy (non-hydrogen) atoms. The largest absolute Gasteiger partial charge is 0.354 e. The van der Waals surface area contributed by atoms with Crippen LogP contribution < -0.4 is 4.90 Å². The van der Waals surface area contributed by atoms with Gasteiger partial charge in [-0.05, 0) is 31.7 Å². The van der Waals surface area contributed by atoms with Crippen molar-refractivity contribution in [2.75, 3.05) is 38.1 Å². The molecule has 0 bridgehead atoms. The fourth-order valence-corrected chi connectivity index (χ4v) is 3.16. The summed E-state index contributed by atoms with van der Waals surface area (Å²) in [4.78, 5) is 14.0. The third-order valence-corrected chi connectivity index (χ3v) is 4.90. The van der Waals surface area contributed by atoms with E-state index >= 15 is 0 Å². The van der Waals surface area contributed by atoms with Gasteiger partial charge in [0.15, 0.2) is 0 Å². The summed E-state index contributed by atoms with van der Waals surface area (Å²) < 4.78 is 5.51. The molecule has 0 radical (unpaired) electrons. The molecule has 6 nitrogen and oxygen atoms in total. The van der Waals surface area contributed by atoms with E-state index in [4.69, 9.17) is 9.51 Å². The van der Waals surface area contributed by atoms with Gasteiger partial charge >= 0.3 is 0 Å². The van der Waals surface area contributed by atoms with Crippen molar-refractivity contribution in [1.29, 1.82) is 0 Å². The Hall–Kier alpha value is -2.73. The Labute approximate surface area is 153 Å². The van der Waals surface area contributed by atoms with Crippen LogP contribution in [-0.2, 0) is 0 Å². The Morgan fingerprint density at radius 3 is 2.46 bits per heavy atom.